The van der Waals surface area contributed by atoms with Gasteiger partial charge in [0.1, 0.15) is 6.04 Å². The lowest BCUT2D eigenvalue weighted by molar-refractivity contribution is -0.143. The lowest BCUT2D eigenvalue weighted by atomic mass is 9.96. The summed E-state index contributed by atoms with van der Waals surface area (Å²) in [6.07, 6.45) is -9.99. The van der Waals surface area contributed by atoms with Crippen molar-refractivity contribution in [2.45, 2.75) is 18.4 Å². The van der Waals surface area contributed by atoms with Gasteiger partial charge < -0.3 is 4.90 Å². The van der Waals surface area contributed by atoms with E-state index in [-0.39, 0.29) is 18.5 Å². The highest BCUT2D eigenvalue weighted by Gasteiger charge is 2.37. The molecule has 1 atom stereocenters. The molecule has 1 aliphatic heterocycles. The number of carbonyl (C=O) groups excluding carboxylic acids is 1. The average molecular weight is 547 g/mol. The van der Waals surface area contributed by atoms with Gasteiger partial charge in [-0.15, -0.1) is 12.4 Å². The molecule has 1 aliphatic rings. The van der Waals surface area contributed by atoms with Crippen molar-refractivity contribution in [1.29, 1.82) is 0 Å². The minimum Gasteiger partial charge on any atom is -0.304 e. The molecule has 0 aromatic heterocycles. The zero-order chi connectivity index (χ0) is 26.1. The number of amides is 1. The molecule has 0 spiro atoms. The van der Waals surface area contributed by atoms with E-state index in [0.29, 0.717) is 43.9 Å². The largest absolute Gasteiger partial charge is 0.416 e. The summed E-state index contributed by atoms with van der Waals surface area (Å²) in [4.78, 5) is 17.5. The van der Waals surface area contributed by atoms with Gasteiger partial charge in [0.15, 0.2) is 0 Å². The number of hydrogen-bond acceptors (Lipinski definition) is 4. The molecule has 2 N–H and O–H groups in total. The van der Waals surface area contributed by atoms with E-state index in [2.05, 4.69) is 15.8 Å². The molecule has 37 heavy (non-hydrogen) atoms. The number of fused-ring (bicyclic) bond motifs is 1. The van der Waals surface area contributed by atoms with Gasteiger partial charge in [0.05, 0.1) is 16.8 Å². The Balaban J connectivity index is 0.00000380. The zero-order valence-electron chi connectivity index (χ0n) is 19.7. The summed E-state index contributed by atoms with van der Waals surface area (Å²) < 4.78 is 79.3. The van der Waals surface area contributed by atoms with Gasteiger partial charge >= 0.3 is 12.4 Å². The summed E-state index contributed by atoms with van der Waals surface area (Å²) >= 11 is 0. The number of rotatable bonds is 5. The first-order valence-corrected chi connectivity index (χ1v) is 11.2. The van der Waals surface area contributed by atoms with Crippen LogP contribution >= 0.6 is 12.4 Å². The molecule has 4 rings (SSSR count). The monoisotopic (exact) mass is 546 g/mol. The number of carbonyl (C=O) groups is 1. The molecule has 200 valence electrons. The van der Waals surface area contributed by atoms with Crippen LogP contribution in [0.3, 0.4) is 0 Å². The SMILES string of the molecule is CN1CCN(C(C(=O)NNc2cc(C(F)(F)F)cc(C(F)(F)F)c2)c2cccc3ccccc23)CC1.Cl. The Hall–Kier alpha value is -3.02. The molecule has 5 nitrogen and oxygen atoms in total. The van der Waals surface area contributed by atoms with Crippen molar-refractivity contribution >= 4 is 34.8 Å². The number of nitrogens with one attached hydrogen (secondary N) is 2. The molecule has 1 amide bonds. The van der Waals surface area contributed by atoms with Crippen LogP contribution in [0.1, 0.15) is 22.7 Å². The van der Waals surface area contributed by atoms with Crippen molar-refractivity contribution < 1.29 is 31.1 Å². The van der Waals surface area contributed by atoms with Crippen LogP contribution in [0.25, 0.3) is 10.8 Å². The lowest BCUT2D eigenvalue weighted by Gasteiger charge is -2.37. The fourth-order valence-electron chi connectivity index (χ4n) is 4.30. The van der Waals surface area contributed by atoms with E-state index in [0.717, 1.165) is 10.8 Å². The second-order valence-electron chi connectivity index (χ2n) is 8.72. The summed E-state index contributed by atoms with van der Waals surface area (Å²) in [6, 6.07) is 13.3. The first-order chi connectivity index (χ1) is 16.9. The van der Waals surface area contributed by atoms with Gasteiger partial charge in [0.25, 0.3) is 5.91 Å². The third-order valence-corrected chi connectivity index (χ3v) is 6.19. The third-order valence-electron chi connectivity index (χ3n) is 6.19. The Morgan fingerprint density at radius 1 is 0.838 bits per heavy atom. The van der Waals surface area contributed by atoms with Crippen molar-refractivity contribution in [1.82, 2.24) is 15.2 Å². The number of likely N-dealkylation sites (N-methyl/N-ethyl adjacent to an activating group) is 1. The van der Waals surface area contributed by atoms with Gasteiger partial charge in [0.2, 0.25) is 0 Å². The summed E-state index contributed by atoms with van der Waals surface area (Å²) in [5, 5.41) is 1.74. The lowest BCUT2D eigenvalue weighted by Crippen LogP contribution is -2.50. The number of anilines is 1. The van der Waals surface area contributed by atoms with Gasteiger partial charge in [0, 0.05) is 26.2 Å². The second-order valence-corrected chi connectivity index (χ2v) is 8.72. The summed E-state index contributed by atoms with van der Waals surface area (Å²) in [7, 11) is 1.96. The van der Waals surface area contributed by atoms with Gasteiger partial charge in [-0.25, -0.2) is 0 Å². The second kappa shape index (κ2) is 11.2. The predicted molar refractivity (Wildman–Crippen MR) is 131 cm³/mol. The number of nitrogens with zero attached hydrogens (tertiary/aromatic N) is 2. The van der Waals surface area contributed by atoms with E-state index in [1.54, 1.807) is 6.07 Å². The maximum atomic E-state index is 13.4. The first-order valence-electron chi connectivity index (χ1n) is 11.2. The van der Waals surface area contributed by atoms with Gasteiger partial charge in [-0.05, 0) is 41.6 Å². The van der Waals surface area contributed by atoms with Crippen LogP contribution in [-0.4, -0.2) is 48.9 Å². The van der Waals surface area contributed by atoms with Gasteiger partial charge in [-0.1, -0.05) is 42.5 Å². The highest BCUT2D eigenvalue weighted by Crippen LogP contribution is 2.37. The number of benzene rings is 3. The number of hydrogen-bond donors (Lipinski definition) is 2. The fraction of sp³-hybridized carbons (Fsp3) is 0.320. The van der Waals surface area contributed by atoms with Crippen LogP contribution in [-0.2, 0) is 17.1 Å². The Bertz CT molecular complexity index is 1200. The minimum absolute atomic E-state index is 0. The van der Waals surface area contributed by atoms with Crippen molar-refractivity contribution in [3.8, 4) is 0 Å². The molecule has 0 bridgehead atoms. The average Bonchev–Trinajstić information content (AvgIpc) is 2.83. The molecule has 12 heteroatoms. The van der Waals surface area contributed by atoms with Crippen LogP contribution in [0.2, 0.25) is 0 Å². The normalized spacial score (nSPS) is 16.2. The molecule has 0 radical (unpaired) electrons. The number of hydrazine groups is 1. The number of piperazine rings is 1. The molecule has 0 aliphatic carbocycles. The van der Waals surface area contributed by atoms with E-state index in [4.69, 9.17) is 0 Å². The van der Waals surface area contributed by atoms with Crippen molar-refractivity contribution in [2.24, 2.45) is 0 Å². The van der Waals surface area contributed by atoms with Crippen LogP contribution in [0.15, 0.2) is 60.7 Å². The molecule has 1 saturated heterocycles. The highest BCUT2D eigenvalue weighted by atomic mass is 35.5. The van der Waals surface area contributed by atoms with Crippen molar-refractivity contribution in [3.05, 3.63) is 77.4 Å². The maximum Gasteiger partial charge on any atom is 0.416 e. The van der Waals surface area contributed by atoms with Crippen molar-refractivity contribution in [3.63, 3.8) is 0 Å². The molecular weight excluding hydrogens is 522 g/mol. The smallest absolute Gasteiger partial charge is 0.304 e. The molecule has 1 unspecified atom stereocenters. The van der Waals surface area contributed by atoms with E-state index in [1.165, 1.54) is 0 Å². The van der Waals surface area contributed by atoms with E-state index in [9.17, 15) is 31.1 Å². The Morgan fingerprint density at radius 3 is 2.00 bits per heavy atom. The molecule has 3 aromatic carbocycles. The van der Waals surface area contributed by atoms with Crippen LogP contribution < -0.4 is 10.9 Å². The third kappa shape index (κ3) is 6.65. The fourth-order valence-corrected chi connectivity index (χ4v) is 4.30. The summed E-state index contributed by atoms with van der Waals surface area (Å²) in [6.45, 7) is 2.51. The molecule has 1 heterocycles. The van der Waals surface area contributed by atoms with E-state index in [1.807, 2.05) is 48.3 Å². The molecule has 3 aromatic rings. The number of halogens is 7. The maximum absolute atomic E-state index is 13.4. The Kier molecular flexibility index (Phi) is 8.61. The van der Waals surface area contributed by atoms with Gasteiger partial charge in [-0.2, -0.15) is 26.3 Å². The standard InChI is InChI=1S/C25H24F6N4O.ClH/c1-34-9-11-35(12-10-34)22(21-8-4-6-16-5-2-3-7-20(16)21)23(36)33-32-19-14-17(24(26,27)28)13-18(15-19)25(29,30)31;/h2-8,13-15,22,32H,9-12H2,1H3,(H,33,36);1H. The van der Waals surface area contributed by atoms with E-state index < -0.39 is 41.1 Å². The van der Waals surface area contributed by atoms with Crippen LogP contribution in [0.4, 0.5) is 32.0 Å². The minimum atomic E-state index is -4.99. The quantitative estimate of drug-likeness (QED) is 0.317. The topological polar surface area (TPSA) is 47.6 Å². The van der Waals surface area contributed by atoms with Gasteiger partial charge in [-0.3, -0.25) is 20.5 Å². The summed E-state index contributed by atoms with van der Waals surface area (Å²) in [5.41, 5.74) is 1.85. The molecular formula is C25H25ClF6N4O. The summed E-state index contributed by atoms with van der Waals surface area (Å²) in [5.74, 6) is -0.595. The first kappa shape index (κ1) is 28.5. The highest BCUT2D eigenvalue weighted by molar-refractivity contribution is 5.93. The van der Waals surface area contributed by atoms with E-state index >= 15 is 0 Å². The van der Waals surface area contributed by atoms with Crippen LogP contribution in [0.5, 0.6) is 0 Å². The number of alkyl halides is 6. The Labute approximate surface area is 215 Å². The zero-order valence-corrected chi connectivity index (χ0v) is 20.5. The molecule has 0 saturated carbocycles. The van der Waals surface area contributed by atoms with Crippen LogP contribution in [0, 0.1) is 0 Å². The predicted octanol–water partition coefficient (Wildman–Crippen LogP) is 5.73. The van der Waals surface area contributed by atoms with Crippen molar-refractivity contribution in [2.75, 3.05) is 38.7 Å². The molecule has 1 fully saturated rings. The Morgan fingerprint density at radius 2 is 1.41 bits per heavy atom.